The minimum atomic E-state index is -0.518. The van der Waals surface area contributed by atoms with E-state index in [2.05, 4.69) is 45.4 Å². The number of thiophene rings is 1. The van der Waals surface area contributed by atoms with E-state index in [9.17, 15) is 9.59 Å². The summed E-state index contributed by atoms with van der Waals surface area (Å²) in [5.41, 5.74) is 11.4. The highest BCUT2D eigenvalue weighted by Crippen LogP contribution is 2.41. The van der Waals surface area contributed by atoms with Crippen molar-refractivity contribution in [1.82, 2.24) is 19.7 Å². The Labute approximate surface area is 282 Å². The minimum Gasteiger partial charge on any atom is -0.465 e. The van der Waals surface area contributed by atoms with Gasteiger partial charge in [0.15, 0.2) is 5.82 Å². The number of fused-ring (bicyclic) bond motifs is 5. The number of anilines is 1. The molecule has 1 amide bonds. The van der Waals surface area contributed by atoms with E-state index in [1.165, 1.54) is 12.0 Å². The molecule has 0 saturated carbocycles. The zero-order chi connectivity index (χ0) is 33.0. The number of carbonyl (C=O) groups excluding carboxylic acids is 2. The number of methoxy groups -OCH3 is 1. The number of aromatic nitrogens is 3. The van der Waals surface area contributed by atoms with Crippen molar-refractivity contribution in [1.29, 1.82) is 0 Å². The first-order valence-electron chi connectivity index (χ1n) is 15.5. The number of hydrogen-bond acceptors (Lipinski definition) is 9. The van der Waals surface area contributed by atoms with E-state index < -0.39 is 12.0 Å². The van der Waals surface area contributed by atoms with Gasteiger partial charge in [-0.05, 0) is 63.1 Å². The summed E-state index contributed by atoms with van der Waals surface area (Å²) < 4.78 is 7.09. The predicted molar refractivity (Wildman–Crippen MR) is 183 cm³/mol. The summed E-state index contributed by atoms with van der Waals surface area (Å²) in [5.74, 6) is 6.80. The van der Waals surface area contributed by atoms with Crippen LogP contribution in [0, 0.1) is 32.6 Å². The van der Waals surface area contributed by atoms with Crippen molar-refractivity contribution in [2.45, 2.75) is 51.7 Å². The van der Waals surface area contributed by atoms with Crippen LogP contribution in [0.4, 0.5) is 5.69 Å². The molecule has 240 valence electrons. The summed E-state index contributed by atoms with van der Waals surface area (Å²) in [7, 11) is 1.36. The molecule has 3 atom stereocenters. The molecular weight excluding hydrogens is 634 g/mol. The molecule has 12 heteroatoms. The van der Waals surface area contributed by atoms with Gasteiger partial charge in [0.1, 0.15) is 16.9 Å². The second-order valence-corrected chi connectivity index (χ2v) is 13.7. The Morgan fingerprint density at radius 2 is 1.83 bits per heavy atom. The SMILES string of the molecule is COC(=O)c1cc(N2CC3CC(C2)N3C(=O)C[C@@H]2N=C(c3ccc(Cl)cc3)c3c(sc(C)c3C)-n3c(C)nnc32)ccc1C#CCN. The summed E-state index contributed by atoms with van der Waals surface area (Å²) in [5, 5.41) is 10.7. The quantitative estimate of drug-likeness (QED) is 0.241. The minimum absolute atomic E-state index is 0.0446. The molecule has 8 rings (SSSR count). The molecule has 0 spiro atoms. The number of benzene rings is 2. The van der Waals surface area contributed by atoms with E-state index in [1.807, 2.05) is 54.3 Å². The Morgan fingerprint density at radius 3 is 2.53 bits per heavy atom. The van der Waals surface area contributed by atoms with Crippen LogP contribution in [-0.4, -0.2) is 76.1 Å². The molecule has 2 aromatic heterocycles. The molecule has 4 aliphatic heterocycles. The lowest BCUT2D eigenvalue weighted by atomic mass is 9.86. The molecule has 3 fully saturated rings. The third-order valence-electron chi connectivity index (χ3n) is 9.31. The van der Waals surface area contributed by atoms with Crippen LogP contribution in [0.1, 0.15) is 68.0 Å². The maximum absolute atomic E-state index is 14.1. The van der Waals surface area contributed by atoms with Crippen LogP contribution in [0.3, 0.4) is 0 Å². The Morgan fingerprint density at radius 1 is 1.09 bits per heavy atom. The topological polar surface area (TPSA) is 119 Å². The lowest BCUT2D eigenvalue weighted by Gasteiger charge is -2.57. The second kappa shape index (κ2) is 12.3. The lowest BCUT2D eigenvalue weighted by Crippen LogP contribution is -2.70. The molecule has 2 bridgehead atoms. The monoisotopic (exact) mass is 667 g/mol. The molecule has 10 nitrogen and oxygen atoms in total. The predicted octanol–water partition coefficient (Wildman–Crippen LogP) is 4.78. The number of carbonyl (C=O) groups is 2. The number of nitrogens with two attached hydrogens (primary N) is 1. The van der Waals surface area contributed by atoms with Crippen LogP contribution >= 0.6 is 22.9 Å². The number of nitrogens with zero attached hydrogens (tertiary/aromatic N) is 6. The van der Waals surface area contributed by atoms with Gasteiger partial charge in [-0.3, -0.25) is 14.4 Å². The van der Waals surface area contributed by atoms with Crippen LogP contribution in [0.5, 0.6) is 0 Å². The number of halogens is 1. The highest BCUT2D eigenvalue weighted by atomic mass is 35.5. The number of hydrogen-bond donors (Lipinski definition) is 1. The van der Waals surface area contributed by atoms with Gasteiger partial charge in [0, 0.05) is 45.4 Å². The van der Waals surface area contributed by atoms with Crippen LogP contribution in [-0.2, 0) is 9.53 Å². The van der Waals surface area contributed by atoms with Gasteiger partial charge in [0.25, 0.3) is 0 Å². The zero-order valence-electron chi connectivity index (χ0n) is 26.6. The van der Waals surface area contributed by atoms with Gasteiger partial charge in [-0.1, -0.05) is 35.6 Å². The normalized spacial score (nSPS) is 19.4. The number of esters is 1. The van der Waals surface area contributed by atoms with Crippen molar-refractivity contribution < 1.29 is 14.3 Å². The van der Waals surface area contributed by atoms with E-state index in [-0.39, 0.29) is 31.0 Å². The van der Waals surface area contributed by atoms with Gasteiger partial charge in [0.05, 0.1) is 43.4 Å². The molecule has 4 aromatic rings. The van der Waals surface area contributed by atoms with Crippen molar-refractivity contribution >= 4 is 46.2 Å². The van der Waals surface area contributed by atoms with Gasteiger partial charge in [-0.15, -0.1) is 21.5 Å². The van der Waals surface area contributed by atoms with Gasteiger partial charge >= 0.3 is 5.97 Å². The molecule has 2 aromatic carbocycles. The third-order valence-corrected chi connectivity index (χ3v) is 10.7. The average Bonchev–Trinajstić information content (AvgIpc) is 3.55. The van der Waals surface area contributed by atoms with Gasteiger partial charge in [-0.25, -0.2) is 4.79 Å². The van der Waals surface area contributed by atoms with Crippen molar-refractivity contribution in [3.05, 3.63) is 91.8 Å². The highest BCUT2D eigenvalue weighted by Gasteiger charge is 2.48. The Hall–Kier alpha value is -4.50. The standard InChI is InChI=1S/C35H34ClN7O3S/c1-19-20(2)47-34-31(19)32(23-7-10-24(36)11-8-23)38-29(33-40-39-21(3)42(33)34)16-30(44)43-26-14-27(43)18-41(17-26)25-12-9-22(6-5-13-37)28(15-25)35(45)46-4/h7-12,15,26-27,29H,13-14,16-18,37H2,1-4H3/t26?,27?,29-/m0/s1. The number of aliphatic imine (C=N–C) groups is 1. The highest BCUT2D eigenvalue weighted by molar-refractivity contribution is 7.15. The largest absolute Gasteiger partial charge is 0.465 e. The van der Waals surface area contributed by atoms with Crippen LogP contribution < -0.4 is 10.6 Å². The van der Waals surface area contributed by atoms with Crippen LogP contribution in [0.2, 0.25) is 5.02 Å². The summed E-state index contributed by atoms with van der Waals surface area (Å²) >= 11 is 7.94. The van der Waals surface area contributed by atoms with E-state index >= 15 is 0 Å². The third kappa shape index (κ3) is 5.40. The molecular formula is C35H34ClN7O3S. The first-order chi connectivity index (χ1) is 22.7. The van der Waals surface area contributed by atoms with Gasteiger partial charge < -0.3 is 20.3 Å². The van der Waals surface area contributed by atoms with E-state index in [0.717, 1.165) is 45.3 Å². The number of piperazine rings is 1. The smallest absolute Gasteiger partial charge is 0.339 e. The Kier molecular flexibility index (Phi) is 8.12. The summed E-state index contributed by atoms with van der Waals surface area (Å²) in [6, 6.07) is 12.9. The van der Waals surface area contributed by atoms with Gasteiger partial charge in [0.2, 0.25) is 5.91 Å². The fraction of sp³-hybridized carbons (Fsp3) is 0.343. The summed E-state index contributed by atoms with van der Waals surface area (Å²) in [6.07, 6.45) is 1.11. The lowest BCUT2D eigenvalue weighted by molar-refractivity contribution is -0.146. The van der Waals surface area contributed by atoms with Crippen molar-refractivity contribution in [3.8, 4) is 16.8 Å². The van der Waals surface area contributed by atoms with Crippen LogP contribution in [0.15, 0.2) is 47.5 Å². The second-order valence-electron chi connectivity index (χ2n) is 12.1. The molecule has 0 radical (unpaired) electrons. The summed E-state index contributed by atoms with van der Waals surface area (Å²) in [4.78, 5) is 37.4. The molecule has 2 unspecified atom stereocenters. The van der Waals surface area contributed by atoms with Crippen molar-refractivity contribution in [2.75, 3.05) is 31.6 Å². The Balaban J connectivity index is 1.17. The maximum Gasteiger partial charge on any atom is 0.339 e. The number of ether oxygens (including phenoxy) is 1. The molecule has 47 heavy (non-hydrogen) atoms. The van der Waals surface area contributed by atoms with Crippen LogP contribution in [0.25, 0.3) is 5.00 Å². The summed E-state index contributed by atoms with van der Waals surface area (Å²) in [6.45, 7) is 7.68. The van der Waals surface area contributed by atoms with Gasteiger partial charge in [-0.2, -0.15) is 0 Å². The van der Waals surface area contributed by atoms with E-state index in [1.54, 1.807) is 11.3 Å². The first-order valence-corrected chi connectivity index (χ1v) is 16.7. The fourth-order valence-electron chi connectivity index (χ4n) is 6.89. The molecule has 2 N–H and O–H groups in total. The number of aryl methyl sites for hydroxylation is 2. The van der Waals surface area contributed by atoms with E-state index in [4.69, 9.17) is 27.1 Å². The van der Waals surface area contributed by atoms with Crippen molar-refractivity contribution in [2.24, 2.45) is 10.7 Å². The zero-order valence-corrected chi connectivity index (χ0v) is 28.2. The maximum atomic E-state index is 14.1. The first kappa shape index (κ1) is 31.1. The molecule has 3 saturated heterocycles. The number of piperidine rings is 1. The average molecular weight is 668 g/mol. The van der Waals surface area contributed by atoms with Crippen molar-refractivity contribution in [3.63, 3.8) is 0 Å². The molecule has 4 aliphatic rings. The van der Waals surface area contributed by atoms with E-state index in [0.29, 0.717) is 35.1 Å². The molecule has 6 heterocycles. The number of rotatable bonds is 5. The fourth-order valence-corrected chi connectivity index (χ4v) is 8.23. The Bertz CT molecular complexity index is 1990. The number of amides is 1. The molecule has 0 aliphatic carbocycles.